The van der Waals surface area contributed by atoms with Gasteiger partial charge in [0.1, 0.15) is 0 Å². The third-order valence-corrected chi connectivity index (χ3v) is 3.64. The average Bonchev–Trinajstić information content (AvgIpc) is 2.60. The van der Waals surface area contributed by atoms with Gasteiger partial charge < -0.3 is 10.2 Å². The summed E-state index contributed by atoms with van der Waals surface area (Å²) in [5, 5.41) is 3.77. The summed E-state index contributed by atoms with van der Waals surface area (Å²) >= 11 is 0. The molecule has 0 aliphatic heterocycles. The Balaban J connectivity index is 2.20. The molecular weight excluding hydrogens is 184 g/mol. The minimum Gasteiger partial charge on any atom is -0.310 e. The van der Waals surface area contributed by atoms with Crippen LogP contribution in [0.3, 0.4) is 0 Å². The molecule has 1 fully saturated rings. The molecule has 0 spiro atoms. The average molecular weight is 212 g/mol. The predicted molar refractivity (Wildman–Crippen MR) is 67.2 cm³/mol. The van der Waals surface area contributed by atoms with Gasteiger partial charge in [-0.25, -0.2) is 0 Å². The Morgan fingerprint density at radius 1 is 1.27 bits per heavy atom. The Bertz CT molecular complexity index is 166. The normalized spacial score (nSPS) is 28.6. The predicted octanol–water partition coefficient (Wildman–Crippen LogP) is 2.49. The molecule has 0 aromatic rings. The van der Waals surface area contributed by atoms with Crippen LogP contribution in [0.15, 0.2) is 0 Å². The van der Waals surface area contributed by atoms with Crippen molar-refractivity contribution >= 4 is 0 Å². The van der Waals surface area contributed by atoms with E-state index in [-0.39, 0.29) is 0 Å². The summed E-state index contributed by atoms with van der Waals surface area (Å²) < 4.78 is 0. The van der Waals surface area contributed by atoms with Crippen molar-refractivity contribution in [1.82, 2.24) is 10.2 Å². The van der Waals surface area contributed by atoms with Gasteiger partial charge in [0.2, 0.25) is 0 Å². The quantitative estimate of drug-likeness (QED) is 0.728. The van der Waals surface area contributed by atoms with E-state index >= 15 is 0 Å². The fourth-order valence-electron chi connectivity index (χ4n) is 2.68. The van der Waals surface area contributed by atoms with Crippen molar-refractivity contribution in [3.05, 3.63) is 0 Å². The molecule has 1 rings (SSSR count). The van der Waals surface area contributed by atoms with Crippen LogP contribution in [0.5, 0.6) is 0 Å². The van der Waals surface area contributed by atoms with Crippen molar-refractivity contribution in [2.24, 2.45) is 5.92 Å². The Labute approximate surface area is 95.4 Å². The second-order valence-corrected chi connectivity index (χ2v) is 5.17. The van der Waals surface area contributed by atoms with Crippen LogP contribution >= 0.6 is 0 Å². The second kappa shape index (κ2) is 6.49. The van der Waals surface area contributed by atoms with Crippen molar-refractivity contribution in [3.8, 4) is 0 Å². The van der Waals surface area contributed by atoms with Crippen LogP contribution in [0.25, 0.3) is 0 Å². The molecule has 0 aromatic carbocycles. The zero-order valence-electron chi connectivity index (χ0n) is 10.9. The van der Waals surface area contributed by atoms with E-state index in [1.165, 1.54) is 38.9 Å². The summed E-state index contributed by atoms with van der Waals surface area (Å²) in [6.45, 7) is 12.7. The lowest BCUT2D eigenvalue weighted by molar-refractivity contribution is 0.261. The van der Waals surface area contributed by atoms with Crippen molar-refractivity contribution in [2.45, 2.75) is 59.0 Å². The minimum atomic E-state index is 0.639. The molecule has 2 heteroatoms. The number of hydrogen-bond acceptors (Lipinski definition) is 2. The third-order valence-electron chi connectivity index (χ3n) is 3.64. The highest BCUT2D eigenvalue weighted by atomic mass is 15.1. The Hall–Kier alpha value is -0.0800. The minimum absolute atomic E-state index is 0.639. The maximum absolute atomic E-state index is 3.77. The second-order valence-electron chi connectivity index (χ2n) is 5.17. The lowest BCUT2D eigenvalue weighted by Gasteiger charge is -2.26. The maximum Gasteiger partial charge on any atom is 0.0169 e. The van der Waals surface area contributed by atoms with Gasteiger partial charge in [-0.1, -0.05) is 20.8 Å². The number of nitrogens with one attached hydrogen (secondary N) is 1. The van der Waals surface area contributed by atoms with Gasteiger partial charge in [0.25, 0.3) is 0 Å². The van der Waals surface area contributed by atoms with Gasteiger partial charge in [0.05, 0.1) is 0 Å². The first kappa shape index (κ1) is 13.0. The van der Waals surface area contributed by atoms with E-state index in [1.807, 2.05) is 0 Å². The van der Waals surface area contributed by atoms with Crippen molar-refractivity contribution < 1.29 is 0 Å². The van der Waals surface area contributed by atoms with E-state index in [0.29, 0.717) is 6.04 Å². The van der Waals surface area contributed by atoms with Crippen molar-refractivity contribution in [1.29, 1.82) is 0 Å². The summed E-state index contributed by atoms with van der Waals surface area (Å²) in [5.41, 5.74) is 0. The standard InChI is InChI=1S/C13H28N2/c1-5-15(6-2)10-12(4)14-13-8-7-11(3)9-13/h11-14H,5-10H2,1-4H3. The molecule has 3 atom stereocenters. The van der Waals surface area contributed by atoms with Crippen LogP contribution in [-0.2, 0) is 0 Å². The Morgan fingerprint density at radius 2 is 1.93 bits per heavy atom. The molecule has 15 heavy (non-hydrogen) atoms. The fourth-order valence-corrected chi connectivity index (χ4v) is 2.68. The van der Waals surface area contributed by atoms with E-state index < -0.39 is 0 Å². The molecule has 3 unspecified atom stereocenters. The molecule has 1 aliphatic carbocycles. The Kier molecular flexibility index (Phi) is 5.62. The van der Waals surface area contributed by atoms with Gasteiger partial charge in [-0.3, -0.25) is 0 Å². The number of hydrogen-bond donors (Lipinski definition) is 1. The largest absolute Gasteiger partial charge is 0.310 e. The number of likely N-dealkylation sites (N-methyl/N-ethyl adjacent to an activating group) is 1. The molecule has 1 saturated carbocycles. The zero-order chi connectivity index (χ0) is 11.3. The fraction of sp³-hybridized carbons (Fsp3) is 1.00. The lowest BCUT2D eigenvalue weighted by atomic mass is 10.1. The number of rotatable bonds is 6. The summed E-state index contributed by atoms with van der Waals surface area (Å²) in [4.78, 5) is 2.50. The first-order chi connectivity index (χ1) is 7.15. The summed E-state index contributed by atoms with van der Waals surface area (Å²) in [7, 11) is 0. The highest BCUT2D eigenvalue weighted by molar-refractivity contribution is 4.81. The van der Waals surface area contributed by atoms with Crippen molar-refractivity contribution in [2.75, 3.05) is 19.6 Å². The van der Waals surface area contributed by atoms with Gasteiger partial charge in [-0.05, 0) is 45.2 Å². The van der Waals surface area contributed by atoms with Crippen LogP contribution in [0.4, 0.5) is 0 Å². The number of nitrogens with zero attached hydrogens (tertiary/aromatic N) is 1. The first-order valence-electron chi connectivity index (χ1n) is 6.64. The van der Waals surface area contributed by atoms with E-state index in [4.69, 9.17) is 0 Å². The van der Waals surface area contributed by atoms with Crippen LogP contribution in [0, 0.1) is 5.92 Å². The van der Waals surface area contributed by atoms with E-state index in [9.17, 15) is 0 Å². The molecule has 0 bridgehead atoms. The van der Waals surface area contributed by atoms with Crippen molar-refractivity contribution in [3.63, 3.8) is 0 Å². The zero-order valence-corrected chi connectivity index (χ0v) is 10.9. The molecular formula is C13H28N2. The van der Waals surface area contributed by atoms with Crippen LogP contribution in [0.1, 0.15) is 47.0 Å². The summed E-state index contributed by atoms with van der Waals surface area (Å²) in [6.07, 6.45) is 4.17. The topological polar surface area (TPSA) is 15.3 Å². The van der Waals surface area contributed by atoms with Crippen LogP contribution < -0.4 is 5.32 Å². The molecule has 0 amide bonds. The smallest absolute Gasteiger partial charge is 0.0169 e. The van der Waals surface area contributed by atoms with Gasteiger partial charge >= 0.3 is 0 Å². The van der Waals surface area contributed by atoms with E-state index in [2.05, 4.69) is 37.9 Å². The maximum atomic E-state index is 3.77. The third kappa shape index (κ3) is 4.52. The highest BCUT2D eigenvalue weighted by Gasteiger charge is 2.22. The monoisotopic (exact) mass is 212 g/mol. The highest BCUT2D eigenvalue weighted by Crippen LogP contribution is 2.24. The molecule has 1 aliphatic rings. The van der Waals surface area contributed by atoms with Crippen LogP contribution in [-0.4, -0.2) is 36.6 Å². The lowest BCUT2D eigenvalue weighted by Crippen LogP contribution is -2.43. The molecule has 0 radical (unpaired) electrons. The molecule has 2 nitrogen and oxygen atoms in total. The molecule has 0 heterocycles. The Morgan fingerprint density at radius 3 is 2.40 bits per heavy atom. The van der Waals surface area contributed by atoms with Gasteiger partial charge in [0, 0.05) is 18.6 Å². The summed E-state index contributed by atoms with van der Waals surface area (Å²) in [5.74, 6) is 0.933. The van der Waals surface area contributed by atoms with Gasteiger partial charge in [0.15, 0.2) is 0 Å². The van der Waals surface area contributed by atoms with E-state index in [1.54, 1.807) is 0 Å². The molecule has 1 N–H and O–H groups in total. The first-order valence-corrected chi connectivity index (χ1v) is 6.64. The molecule has 0 saturated heterocycles. The SMILES string of the molecule is CCN(CC)CC(C)NC1CCC(C)C1. The van der Waals surface area contributed by atoms with E-state index in [0.717, 1.165) is 12.0 Å². The van der Waals surface area contributed by atoms with Gasteiger partial charge in [-0.2, -0.15) is 0 Å². The molecule has 90 valence electrons. The van der Waals surface area contributed by atoms with Gasteiger partial charge in [-0.15, -0.1) is 0 Å². The molecule has 0 aromatic heterocycles. The van der Waals surface area contributed by atoms with Crippen LogP contribution in [0.2, 0.25) is 0 Å². The summed E-state index contributed by atoms with van der Waals surface area (Å²) in [6, 6.07) is 1.42.